The number of methoxy groups -OCH3 is 2. The van der Waals surface area contributed by atoms with Crippen LogP contribution in [0.1, 0.15) is 17.0 Å². The Morgan fingerprint density at radius 3 is 2.79 bits per heavy atom. The minimum atomic E-state index is -0.727. The minimum Gasteiger partial charge on any atom is -0.493 e. The summed E-state index contributed by atoms with van der Waals surface area (Å²) in [6.07, 6.45) is 4.02. The third kappa shape index (κ3) is 2.94. The van der Waals surface area contributed by atoms with Gasteiger partial charge in [0.2, 0.25) is 0 Å². The average Bonchev–Trinajstić information content (AvgIpc) is 3.06. The van der Waals surface area contributed by atoms with Crippen LogP contribution in [0.25, 0.3) is 11.1 Å². The molecule has 2 heterocycles. The van der Waals surface area contributed by atoms with Crippen molar-refractivity contribution in [2.24, 2.45) is 0 Å². The maximum Gasteiger partial charge on any atom is 0.454 e. The molecule has 24 heavy (non-hydrogen) atoms. The summed E-state index contributed by atoms with van der Waals surface area (Å²) in [5.74, 6) is 1.01. The summed E-state index contributed by atoms with van der Waals surface area (Å²) < 4.78 is 15.8. The number of nitrogens with zero attached hydrogens (tertiary/aromatic N) is 2. The van der Waals surface area contributed by atoms with Crippen molar-refractivity contribution in [1.82, 2.24) is 4.98 Å². The standard InChI is InChI=1S/C17H17BN2O4/c1-22-16-4-3-14(15(7-19)17(16)23-2)12-5-11(8-20-9-12)13-6-18(21)24-10-13/h3-5,8-9,13,21H,6,10H2,1-2H3. The first-order valence-corrected chi connectivity index (χ1v) is 7.58. The van der Waals surface area contributed by atoms with E-state index in [4.69, 9.17) is 14.1 Å². The van der Waals surface area contributed by atoms with Crippen molar-refractivity contribution in [3.63, 3.8) is 0 Å². The van der Waals surface area contributed by atoms with Gasteiger partial charge in [0.05, 0.1) is 14.2 Å². The zero-order valence-corrected chi connectivity index (χ0v) is 13.5. The topological polar surface area (TPSA) is 84.6 Å². The molecular formula is C17H17BN2O4. The number of rotatable bonds is 4. The van der Waals surface area contributed by atoms with Gasteiger partial charge in [-0.1, -0.05) is 0 Å². The van der Waals surface area contributed by atoms with Crippen molar-refractivity contribution in [2.45, 2.75) is 12.2 Å². The lowest BCUT2D eigenvalue weighted by molar-refractivity contribution is 0.292. The number of aromatic nitrogens is 1. The Morgan fingerprint density at radius 2 is 2.17 bits per heavy atom. The second-order valence-electron chi connectivity index (χ2n) is 5.56. The molecule has 1 aliphatic heterocycles. The highest BCUT2D eigenvalue weighted by atomic mass is 16.5. The van der Waals surface area contributed by atoms with Crippen LogP contribution in [0, 0.1) is 11.3 Å². The van der Waals surface area contributed by atoms with Gasteiger partial charge in [0.15, 0.2) is 11.5 Å². The molecule has 1 atom stereocenters. The van der Waals surface area contributed by atoms with Crippen LogP contribution in [-0.2, 0) is 4.65 Å². The van der Waals surface area contributed by atoms with Gasteiger partial charge in [0.25, 0.3) is 0 Å². The molecule has 2 aromatic rings. The number of ether oxygens (including phenoxy) is 2. The quantitative estimate of drug-likeness (QED) is 0.868. The fourth-order valence-electron chi connectivity index (χ4n) is 2.95. The first-order valence-electron chi connectivity index (χ1n) is 7.58. The largest absolute Gasteiger partial charge is 0.493 e. The molecule has 1 N–H and O–H groups in total. The van der Waals surface area contributed by atoms with Crippen molar-refractivity contribution in [3.05, 3.63) is 41.7 Å². The highest BCUT2D eigenvalue weighted by molar-refractivity contribution is 6.43. The number of benzene rings is 1. The van der Waals surface area contributed by atoms with E-state index in [1.54, 1.807) is 18.5 Å². The molecule has 7 heteroatoms. The SMILES string of the molecule is COc1ccc(-c2cncc(C3COB(O)C3)c2)c(C#N)c1OC. The summed E-state index contributed by atoms with van der Waals surface area (Å²) in [7, 11) is 2.31. The van der Waals surface area contributed by atoms with Crippen molar-refractivity contribution >= 4 is 7.12 Å². The zero-order chi connectivity index (χ0) is 17.1. The number of hydrogen-bond acceptors (Lipinski definition) is 6. The molecule has 0 radical (unpaired) electrons. The lowest BCUT2D eigenvalue weighted by Gasteiger charge is -2.14. The Bertz CT molecular complexity index is 791. The maximum absolute atomic E-state index is 9.57. The van der Waals surface area contributed by atoms with E-state index in [0.29, 0.717) is 30.0 Å². The molecule has 6 nitrogen and oxygen atoms in total. The molecule has 1 aromatic carbocycles. The zero-order valence-electron chi connectivity index (χ0n) is 13.5. The summed E-state index contributed by atoms with van der Waals surface area (Å²) in [5.41, 5.74) is 2.91. The van der Waals surface area contributed by atoms with Crippen LogP contribution in [0.15, 0.2) is 30.6 Å². The molecular weight excluding hydrogens is 307 g/mol. The van der Waals surface area contributed by atoms with Crippen LogP contribution in [0.5, 0.6) is 11.5 Å². The van der Waals surface area contributed by atoms with Gasteiger partial charge in [-0.25, -0.2) is 0 Å². The molecule has 1 aliphatic rings. The van der Waals surface area contributed by atoms with E-state index < -0.39 is 7.12 Å². The predicted molar refractivity (Wildman–Crippen MR) is 89.0 cm³/mol. The third-order valence-electron chi connectivity index (χ3n) is 4.18. The van der Waals surface area contributed by atoms with E-state index in [1.165, 1.54) is 14.2 Å². The summed E-state index contributed by atoms with van der Waals surface area (Å²) in [6.45, 7) is 0.462. The molecule has 1 unspecified atom stereocenters. The molecule has 1 fully saturated rings. The highest BCUT2D eigenvalue weighted by Gasteiger charge is 2.30. The van der Waals surface area contributed by atoms with Gasteiger partial charge in [-0.05, 0) is 30.1 Å². The van der Waals surface area contributed by atoms with Crippen molar-refractivity contribution < 1.29 is 19.2 Å². The van der Waals surface area contributed by atoms with Gasteiger partial charge in [-0.2, -0.15) is 5.26 Å². The van der Waals surface area contributed by atoms with Crippen molar-refractivity contribution in [3.8, 4) is 28.7 Å². The van der Waals surface area contributed by atoms with Crippen LogP contribution < -0.4 is 9.47 Å². The first-order chi connectivity index (χ1) is 11.7. The second kappa shape index (κ2) is 6.91. The molecule has 122 valence electrons. The molecule has 0 aliphatic carbocycles. The minimum absolute atomic E-state index is 0.0955. The van der Waals surface area contributed by atoms with Crippen molar-refractivity contribution in [1.29, 1.82) is 5.26 Å². The predicted octanol–water partition coefficient (Wildman–Crippen LogP) is 2.23. The van der Waals surface area contributed by atoms with Crippen LogP contribution in [-0.4, -0.2) is 38.0 Å². The van der Waals surface area contributed by atoms with Gasteiger partial charge in [-0.15, -0.1) is 0 Å². The monoisotopic (exact) mass is 324 g/mol. The van der Waals surface area contributed by atoms with E-state index in [1.807, 2.05) is 12.1 Å². The van der Waals surface area contributed by atoms with Gasteiger partial charge in [0, 0.05) is 36.0 Å². The van der Waals surface area contributed by atoms with E-state index in [-0.39, 0.29) is 5.92 Å². The maximum atomic E-state index is 9.57. The molecule has 3 rings (SSSR count). The molecule has 1 saturated heterocycles. The first kappa shape index (κ1) is 16.3. The molecule has 1 aromatic heterocycles. The fraction of sp³-hybridized carbons (Fsp3) is 0.294. The smallest absolute Gasteiger partial charge is 0.454 e. The number of nitriles is 1. The van der Waals surface area contributed by atoms with Crippen LogP contribution in [0.2, 0.25) is 6.32 Å². The normalized spacial score (nSPS) is 16.8. The van der Waals surface area contributed by atoms with Gasteiger partial charge in [0.1, 0.15) is 11.6 Å². The Labute approximate surface area is 140 Å². The molecule has 0 spiro atoms. The Morgan fingerprint density at radius 1 is 1.33 bits per heavy atom. The number of hydrogen-bond donors (Lipinski definition) is 1. The summed E-state index contributed by atoms with van der Waals surface area (Å²) >= 11 is 0. The highest BCUT2D eigenvalue weighted by Crippen LogP contribution is 2.38. The lowest BCUT2D eigenvalue weighted by Crippen LogP contribution is -2.07. The summed E-state index contributed by atoms with van der Waals surface area (Å²) in [4.78, 5) is 4.29. The van der Waals surface area contributed by atoms with Gasteiger partial charge < -0.3 is 19.2 Å². The van der Waals surface area contributed by atoms with E-state index >= 15 is 0 Å². The Hall–Kier alpha value is -2.56. The third-order valence-corrected chi connectivity index (χ3v) is 4.18. The Balaban J connectivity index is 2.05. The molecule has 0 saturated carbocycles. The number of pyridine rings is 1. The van der Waals surface area contributed by atoms with E-state index in [0.717, 1.165) is 16.7 Å². The molecule has 0 bridgehead atoms. The summed E-state index contributed by atoms with van der Waals surface area (Å²) in [5, 5.41) is 19.1. The lowest BCUT2D eigenvalue weighted by atomic mass is 9.79. The van der Waals surface area contributed by atoms with Gasteiger partial charge in [-0.3, -0.25) is 4.98 Å². The van der Waals surface area contributed by atoms with E-state index in [9.17, 15) is 10.3 Å². The average molecular weight is 324 g/mol. The Kier molecular flexibility index (Phi) is 4.70. The van der Waals surface area contributed by atoms with Crippen LogP contribution in [0.3, 0.4) is 0 Å². The van der Waals surface area contributed by atoms with E-state index in [2.05, 4.69) is 11.1 Å². The fourth-order valence-corrected chi connectivity index (χ4v) is 2.95. The second-order valence-corrected chi connectivity index (χ2v) is 5.56. The van der Waals surface area contributed by atoms with Crippen molar-refractivity contribution in [2.75, 3.05) is 20.8 Å². The van der Waals surface area contributed by atoms with Gasteiger partial charge >= 0.3 is 7.12 Å². The molecule has 0 amide bonds. The van der Waals surface area contributed by atoms with Crippen LogP contribution in [0.4, 0.5) is 0 Å². The summed E-state index contributed by atoms with van der Waals surface area (Å²) in [6, 6.07) is 7.75. The van der Waals surface area contributed by atoms with Crippen LogP contribution >= 0.6 is 0 Å².